The van der Waals surface area contributed by atoms with Crippen molar-refractivity contribution >= 4 is 17.2 Å². The molecule has 0 spiro atoms. The molecular weight excluding hydrogens is 384 g/mol. The highest BCUT2D eigenvalue weighted by Gasteiger charge is 2.15. The number of aromatic amines is 1. The van der Waals surface area contributed by atoms with Crippen molar-refractivity contribution < 1.29 is 9.53 Å². The first-order valence-electron chi connectivity index (χ1n) is 9.11. The predicted octanol–water partition coefficient (Wildman–Crippen LogP) is 4.45. The number of carbonyl (C=O) groups excluding carboxylic acids is 1. The quantitative estimate of drug-likeness (QED) is 0.498. The van der Waals surface area contributed by atoms with Gasteiger partial charge in [0.2, 0.25) is 0 Å². The molecule has 0 atom stereocenters. The van der Waals surface area contributed by atoms with Crippen LogP contribution < -0.4 is 10.1 Å². The summed E-state index contributed by atoms with van der Waals surface area (Å²) >= 11 is 1.63. The summed E-state index contributed by atoms with van der Waals surface area (Å²) in [6, 6.07) is 15.6. The first-order chi connectivity index (χ1) is 14.2. The van der Waals surface area contributed by atoms with Gasteiger partial charge in [-0.05, 0) is 42.3 Å². The van der Waals surface area contributed by atoms with E-state index in [2.05, 4.69) is 32.6 Å². The minimum Gasteiger partial charge on any atom is -0.497 e. The maximum Gasteiger partial charge on any atom is 0.255 e. The molecule has 7 heteroatoms. The molecule has 2 aromatic heterocycles. The smallest absolute Gasteiger partial charge is 0.255 e. The minimum atomic E-state index is -0.174. The van der Waals surface area contributed by atoms with Gasteiger partial charge in [-0.15, -0.1) is 11.3 Å². The highest BCUT2D eigenvalue weighted by molar-refractivity contribution is 7.13. The molecule has 0 bridgehead atoms. The molecule has 146 valence electrons. The summed E-state index contributed by atoms with van der Waals surface area (Å²) < 4.78 is 5.18. The number of benzene rings is 2. The fourth-order valence-corrected chi connectivity index (χ4v) is 3.88. The second-order valence-corrected chi connectivity index (χ2v) is 7.39. The Morgan fingerprint density at radius 1 is 1.10 bits per heavy atom. The Kier molecular flexibility index (Phi) is 5.39. The molecule has 0 aliphatic carbocycles. The third-order valence-corrected chi connectivity index (χ3v) is 5.66. The van der Waals surface area contributed by atoms with Gasteiger partial charge in [-0.2, -0.15) is 5.10 Å². The van der Waals surface area contributed by atoms with E-state index in [9.17, 15) is 4.79 Å². The SMILES string of the molecule is COc1ccc(-c2[nH]ncc2C(=O)NCc2ccc(-c3scnc3C)cc2)cc1. The Morgan fingerprint density at radius 3 is 2.48 bits per heavy atom. The number of carbonyl (C=O) groups is 1. The molecule has 0 fully saturated rings. The van der Waals surface area contributed by atoms with Crippen molar-refractivity contribution in [2.75, 3.05) is 7.11 Å². The third kappa shape index (κ3) is 4.05. The molecule has 29 heavy (non-hydrogen) atoms. The van der Waals surface area contributed by atoms with E-state index in [1.165, 1.54) is 4.88 Å². The number of amides is 1. The van der Waals surface area contributed by atoms with E-state index < -0.39 is 0 Å². The van der Waals surface area contributed by atoms with Crippen molar-refractivity contribution in [1.29, 1.82) is 0 Å². The maximum absolute atomic E-state index is 12.7. The van der Waals surface area contributed by atoms with Gasteiger partial charge < -0.3 is 10.1 Å². The summed E-state index contributed by atoms with van der Waals surface area (Å²) in [4.78, 5) is 18.2. The van der Waals surface area contributed by atoms with Crippen LogP contribution in [0.2, 0.25) is 0 Å². The van der Waals surface area contributed by atoms with E-state index in [4.69, 9.17) is 4.74 Å². The van der Waals surface area contributed by atoms with Crippen LogP contribution in [0.5, 0.6) is 5.75 Å². The van der Waals surface area contributed by atoms with Crippen LogP contribution in [0.15, 0.2) is 60.2 Å². The molecule has 2 aromatic carbocycles. The Labute approximate surface area is 172 Å². The summed E-state index contributed by atoms with van der Waals surface area (Å²) in [5.41, 5.74) is 7.10. The second kappa shape index (κ2) is 8.28. The van der Waals surface area contributed by atoms with Gasteiger partial charge >= 0.3 is 0 Å². The molecule has 6 nitrogen and oxygen atoms in total. The number of aromatic nitrogens is 3. The predicted molar refractivity (Wildman–Crippen MR) is 114 cm³/mol. The summed E-state index contributed by atoms with van der Waals surface area (Å²) in [6.07, 6.45) is 1.55. The van der Waals surface area contributed by atoms with Crippen molar-refractivity contribution in [2.24, 2.45) is 0 Å². The Balaban J connectivity index is 1.44. The number of H-pyrrole nitrogens is 1. The highest BCUT2D eigenvalue weighted by atomic mass is 32.1. The van der Waals surface area contributed by atoms with Gasteiger partial charge in [0.1, 0.15) is 5.75 Å². The number of aryl methyl sites for hydroxylation is 1. The van der Waals surface area contributed by atoms with Gasteiger partial charge in [0, 0.05) is 12.1 Å². The lowest BCUT2D eigenvalue weighted by atomic mass is 10.1. The molecule has 0 saturated carbocycles. The van der Waals surface area contributed by atoms with Crippen LogP contribution >= 0.6 is 11.3 Å². The number of hydrogen-bond acceptors (Lipinski definition) is 5. The van der Waals surface area contributed by atoms with Crippen LogP contribution in [-0.4, -0.2) is 28.2 Å². The fourth-order valence-electron chi connectivity index (χ4n) is 3.07. The second-order valence-electron chi connectivity index (χ2n) is 6.53. The van der Waals surface area contributed by atoms with Crippen molar-refractivity contribution in [1.82, 2.24) is 20.5 Å². The molecular formula is C22H20N4O2S. The van der Waals surface area contributed by atoms with E-state index in [-0.39, 0.29) is 5.91 Å². The van der Waals surface area contributed by atoms with Crippen molar-refractivity contribution in [3.8, 4) is 27.4 Å². The molecule has 2 N–H and O–H groups in total. The average molecular weight is 404 g/mol. The van der Waals surface area contributed by atoms with Gasteiger partial charge in [0.05, 0.1) is 40.6 Å². The zero-order chi connectivity index (χ0) is 20.2. The average Bonchev–Trinajstić information content (AvgIpc) is 3.42. The Hall–Kier alpha value is -3.45. The van der Waals surface area contributed by atoms with Crippen LogP contribution in [-0.2, 0) is 6.54 Å². The minimum absolute atomic E-state index is 0.174. The van der Waals surface area contributed by atoms with E-state index >= 15 is 0 Å². The van der Waals surface area contributed by atoms with Gasteiger partial charge in [-0.1, -0.05) is 24.3 Å². The fraction of sp³-hybridized carbons (Fsp3) is 0.136. The lowest BCUT2D eigenvalue weighted by molar-refractivity contribution is 0.0951. The standard InChI is InChI=1S/C22H20N4O2S/c1-14-21(29-13-24-14)17-5-3-15(4-6-17)11-23-22(27)19-12-25-26-20(19)16-7-9-18(28-2)10-8-16/h3-10,12-13H,11H2,1-2H3,(H,23,27)(H,25,26). The van der Waals surface area contributed by atoms with Gasteiger partial charge in [0.15, 0.2) is 0 Å². The van der Waals surface area contributed by atoms with Crippen molar-refractivity contribution in [3.63, 3.8) is 0 Å². The first-order valence-corrected chi connectivity index (χ1v) is 9.99. The van der Waals surface area contributed by atoms with Crippen LogP contribution in [0.3, 0.4) is 0 Å². The summed E-state index contributed by atoms with van der Waals surface area (Å²) in [6.45, 7) is 2.44. The Morgan fingerprint density at radius 2 is 1.83 bits per heavy atom. The van der Waals surface area contributed by atoms with Crippen LogP contribution in [0.1, 0.15) is 21.6 Å². The lowest BCUT2D eigenvalue weighted by Gasteiger charge is -2.08. The number of hydrogen-bond donors (Lipinski definition) is 2. The number of methoxy groups -OCH3 is 1. The highest BCUT2D eigenvalue weighted by Crippen LogP contribution is 2.27. The zero-order valence-electron chi connectivity index (χ0n) is 16.1. The number of nitrogens with zero attached hydrogens (tertiary/aromatic N) is 2. The third-order valence-electron chi connectivity index (χ3n) is 4.68. The number of rotatable bonds is 6. The summed E-state index contributed by atoms with van der Waals surface area (Å²) in [5.74, 6) is 0.586. The molecule has 0 aliphatic rings. The molecule has 0 radical (unpaired) electrons. The summed E-state index contributed by atoms with van der Waals surface area (Å²) in [5, 5.41) is 9.92. The van der Waals surface area contributed by atoms with Gasteiger partial charge in [-0.3, -0.25) is 9.89 Å². The monoisotopic (exact) mass is 404 g/mol. The van der Waals surface area contributed by atoms with Crippen LogP contribution in [0.25, 0.3) is 21.7 Å². The number of thiazole rings is 1. The molecule has 4 rings (SSSR count). The largest absolute Gasteiger partial charge is 0.497 e. The van der Waals surface area contributed by atoms with E-state index in [1.807, 2.05) is 48.8 Å². The number of ether oxygens (including phenoxy) is 1. The van der Waals surface area contributed by atoms with Crippen molar-refractivity contribution in [2.45, 2.75) is 13.5 Å². The molecule has 0 saturated heterocycles. The molecule has 0 aliphatic heterocycles. The molecule has 2 heterocycles. The number of nitrogens with one attached hydrogen (secondary N) is 2. The first kappa shape index (κ1) is 18.9. The Bertz CT molecular complexity index is 1110. The van der Waals surface area contributed by atoms with Crippen LogP contribution in [0.4, 0.5) is 0 Å². The molecule has 1 amide bonds. The van der Waals surface area contributed by atoms with Gasteiger partial charge in [0.25, 0.3) is 5.91 Å². The van der Waals surface area contributed by atoms with E-state index in [0.29, 0.717) is 17.8 Å². The van der Waals surface area contributed by atoms with Gasteiger partial charge in [-0.25, -0.2) is 4.98 Å². The molecule has 4 aromatic rings. The normalized spacial score (nSPS) is 10.7. The van der Waals surface area contributed by atoms with Crippen LogP contribution in [0, 0.1) is 6.92 Å². The lowest BCUT2D eigenvalue weighted by Crippen LogP contribution is -2.22. The maximum atomic E-state index is 12.7. The van der Waals surface area contributed by atoms with Crippen molar-refractivity contribution in [3.05, 3.63) is 77.1 Å². The van der Waals surface area contributed by atoms with E-state index in [0.717, 1.165) is 28.1 Å². The van der Waals surface area contributed by atoms with E-state index in [1.54, 1.807) is 24.6 Å². The molecule has 0 unspecified atom stereocenters. The zero-order valence-corrected chi connectivity index (χ0v) is 16.9. The topological polar surface area (TPSA) is 79.9 Å². The summed E-state index contributed by atoms with van der Waals surface area (Å²) in [7, 11) is 1.62.